The molecule has 0 amide bonds. The van der Waals surface area contributed by atoms with Gasteiger partial charge in [0.05, 0.1) is 18.6 Å². The molecule has 3 rings (SSSR count). The van der Waals surface area contributed by atoms with E-state index < -0.39 is 0 Å². The summed E-state index contributed by atoms with van der Waals surface area (Å²) in [4.78, 5) is 6.59. The molecule has 0 saturated heterocycles. The quantitative estimate of drug-likeness (QED) is 0.884. The van der Waals surface area contributed by atoms with E-state index in [1.165, 1.54) is 12.8 Å². The highest BCUT2D eigenvalue weighted by atomic mass is 16.5. The van der Waals surface area contributed by atoms with Crippen molar-refractivity contribution >= 4 is 11.5 Å². The maximum absolute atomic E-state index is 5.94. The summed E-state index contributed by atoms with van der Waals surface area (Å²) in [5.41, 5.74) is 7.68. The van der Waals surface area contributed by atoms with Crippen LogP contribution in [0.2, 0.25) is 0 Å². The number of aromatic nitrogens is 1. The molecule has 1 aliphatic carbocycles. The molecule has 5 nitrogen and oxygen atoms in total. The van der Waals surface area contributed by atoms with E-state index in [2.05, 4.69) is 9.88 Å². The van der Waals surface area contributed by atoms with Crippen molar-refractivity contribution in [1.29, 1.82) is 0 Å². The Morgan fingerprint density at radius 3 is 2.86 bits per heavy atom. The number of anilines is 2. The molecule has 112 valence electrons. The second kappa shape index (κ2) is 5.68. The minimum Gasteiger partial charge on any atom is -0.476 e. The molecule has 5 heteroatoms. The van der Waals surface area contributed by atoms with Crippen LogP contribution in [0.5, 0.6) is 5.88 Å². The summed E-state index contributed by atoms with van der Waals surface area (Å²) < 4.78 is 11.1. The number of nitrogens with two attached hydrogens (primary N) is 1. The van der Waals surface area contributed by atoms with Gasteiger partial charge in [-0.05, 0) is 43.9 Å². The van der Waals surface area contributed by atoms with Crippen molar-refractivity contribution in [2.75, 3.05) is 24.3 Å². The van der Waals surface area contributed by atoms with Crippen molar-refractivity contribution in [3.8, 4) is 5.88 Å². The number of hydrogen-bond donors (Lipinski definition) is 1. The van der Waals surface area contributed by atoms with Gasteiger partial charge in [-0.25, -0.2) is 0 Å². The van der Waals surface area contributed by atoms with Gasteiger partial charge in [-0.15, -0.1) is 0 Å². The van der Waals surface area contributed by atoms with E-state index in [0.717, 1.165) is 23.7 Å². The van der Waals surface area contributed by atoms with Gasteiger partial charge in [0.25, 0.3) is 0 Å². The number of aryl methyl sites for hydroxylation is 1. The zero-order valence-electron chi connectivity index (χ0n) is 12.5. The molecule has 2 heterocycles. The minimum atomic E-state index is 0.537. The van der Waals surface area contributed by atoms with Gasteiger partial charge < -0.3 is 19.8 Å². The van der Waals surface area contributed by atoms with E-state index in [4.69, 9.17) is 14.9 Å². The molecule has 0 unspecified atom stereocenters. The normalized spacial score (nSPS) is 14.2. The molecule has 1 fully saturated rings. The summed E-state index contributed by atoms with van der Waals surface area (Å²) in [5.74, 6) is 2.99. The highest BCUT2D eigenvalue weighted by Crippen LogP contribution is 2.31. The molecule has 0 radical (unpaired) electrons. The highest BCUT2D eigenvalue weighted by molar-refractivity contribution is 5.54. The number of nitrogens with zero attached hydrogens (tertiary/aromatic N) is 2. The Kier molecular flexibility index (Phi) is 3.73. The lowest BCUT2D eigenvalue weighted by atomic mass is 10.2. The fourth-order valence-corrected chi connectivity index (χ4v) is 2.16. The maximum atomic E-state index is 5.94. The lowest BCUT2D eigenvalue weighted by Crippen LogP contribution is -2.18. The van der Waals surface area contributed by atoms with Gasteiger partial charge in [-0.2, -0.15) is 4.98 Å². The third kappa shape index (κ3) is 3.29. The summed E-state index contributed by atoms with van der Waals surface area (Å²) >= 11 is 0. The van der Waals surface area contributed by atoms with Gasteiger partial charge in [0.2, 0.25) is 5.88 Å². The summed E-state index contributed by atoms with van der Waals surface area (Å²) in [5, 5.41) is 0. The largest absolute Gasteiger partial charge is 0.476 e. The van der Waals surface area contributed by atoms with Crippen LogP contribution in [0.4, 0.5) is 11.5 Å². The fraction of sp³-hybridized carbons (Fsp3) is 0.438. The average Bonchev–Trinajstić information content (AvgIpc) is 3.22. The summed E-state index contributed by atoms with van der Waals surface area (Å²) in [6.07, 6.45) is 4.21. The first-order valence-corrected chi connectivity index (χ1v) is 7.27. The van der Waals surface area contributed by atoms with E-state index in [1.54, 1.807) is 6.26 Å². The van der Waals surface area contributed by atoms with Crippen LogP contribution in [-0.2, 0) is 6.54 Å². The molecule has 0 bridgehead atoms. The molecule has 1 aliphatic rings. The van der Waals surface area contributed by atoms with Gasteiger partial charge in [0, 0.05) is 19.2 Å². The predicted octanol–water partition coefficient (Wildman–Crippen LogP) is 2.99. The van der Waals surface area contributed by atoms with Crippen LogP contribution < -0.4 is 15.4 Å². The van der Waals surface area contributed by atoms with Gasteiger partial charge in [-0.1, -0.05) is 0 Å². The van der Waals surface area contributed by atoms with E-state index in [1.807, 2.05) is 32.2 Å². The van der Waals surface area contributed by atoms with Gasteiger partial charge in [0.1, 0.15) is 11.6 Å². The Morgan fingerprint density at radius 2 is 2.19 bits per heavy atom. The van der Waals surface area contributed by atoms with Crippen LogP contribution in [0, 0.1) is 12.8 Å². The van der Waals surface area contributed by atoms with Crippen LogP contribution in [0.3, 0.4) is 0 Å². The SMILES string of the molecule is Cc1occc1CN(C)c1ccc(N)c(OCC2CC2)n1. The van der Waals surface area contributed by atoms with Crippen molar-refractivity contribution in [1.82, 2.24) is 4.98 Å². The monoisotopic (exact) mass is 287 g/mol. The van der Waals surface area contributed by atoms with Crippen molar-refractivity contribution in [2.45, 2.75) is 26.3 Å². The molecule has 0 aliphatic heterocycles. The Bertz CT molecular complexity index is 620. The Balaban J connectivity index is 1.71. The van der Waals surface area contributed by atoms with Crippen LogP contribution in [0.25, 0.3) is 0 Å². The number of hydrogen-bond acceptors (Lipinski definition) is 5. The van der Waals surface area contributed by atoms with Crippen molar-refractivity contribution in [2.24, 2.45) is 5.92 Å². The smallest absolute Gasteiger partial charge is 0.239 e. The first-order chi connectivity index (χ1) is 10.1. The van der Waals surface area contributed by atoms with Gasteiger partial charge in [0.15, 0.2) is 0 Å². The maximum Gasteiger partial charge on any atom is 0.239 e. The zero-order chi connectivity index (χ0) is 14.8. The van der Waals surface area contributed by atoms with Crippen LogP contribution in [0.15, 0.2) is 28.9 Å². The number of rotatable bonds is 6. The van der Waals surface area contributed by atoms with E-state index in [-0.39, 0.29) is 0 Å². The van der Waals surface area contributed by atoms with Gasteiger partial charge >= 0.3 is 0 Å². The number of furan rings is 1. The third-order valence-electron chi connectivity index (χ3n) is 3.79. The summed E-state index contributed by atoms with van der Waals surface area (Å²) in [7, 11) is 2.00. The first kappa shape index (κ1) is 13.8. The molecule has 1 saturated carbocycles. The predicted molar refractivity (Wildman–Crippen MR) is 82.4 cm³/mol. The molecule has 2 aromatic rings. The highest BCUT2D eigenvalue weighted by Gasteiger charge is 2.22. The van der Waals surface area contributed by atoms with E-state index >= 15 is 0 Å². The van der Waals surface area contributed by atoms with Crippen LogP contribution >= 0.6 is 0 Å². The Morgan fingerprint density at radius 1 is 1.38 bits per heavy atom. The number of nitrogen functional groups attached to an aromatic ring is 1. The van der Waals surface area contributed by atoms with Crippen LogP contribution in [0.1, 0.15) is 24.2 Å². The molecular weight excluding hydrogens is 266 g/mol. The topological polar surface area (TPSA) is 64.5 Å². The second-order valence-corrected chi connectivity index (χ2v) is 5.68. The van der Waals surface area contributed by atoms with Gasteiger partial charge in [-0.3, -0.25) is 0 Å². The minimum absolute atomic E-state index is 0.537. The fourth-order valence-electron chi connectivity index (χ4n) is 2.16. The Labute approximate surface area is 124 Å². The second-order valence-electron chi connectivity index (χ2n) is 5.68. The molecular formula is C16H21N3O2. The molecule has 0 atom stereocenters. The molecule has 2 aromatic heterocycles. The molecule has 0 spiro atoms. The van der Waals surface area contributed by atoms with Crippen molar-refractivity contribution < 1.29 is 9.15 Å². The third-order valence-corrected chi connectivity index (χ3v) is 3.79. The molecule has 2 N–H and O–H groups in total. The summed E-state index contributed by atoms with van der Waals surface area (Å²) in [6, 6.07) is 5.74. The zero-order valence-corrected chi connectivity index (χ0v) is 12.5. The molecule has 21 heavy (non-hydrogen) atoms. The molecule has 0 aromatic carbocycles. The first-order valence-electron chi connectivity index (χ1n) is 7.27. The lowest BCUT2D eigenvalue weighted by Gasteiger charge is -2.19. The number of pyridine rings is 1. The lowest BCUT2D eigenvalue weighted by molar-refractivity contribution is 0.290. The van der Waals surface area contributed by atoms with Crippen molar-refractivity contribution in [3.63, 3.8) is 0 Å². The standard InChI is InChI=1S/C16H21N3O2/c1-11-13(7-8-20-11)9-19(2)15-6-5-14(17)16(18-15)21-10-12-3-4-12/h5-8,12H,3-4,9-10,17H2,1-2H3. The van der Waals surface area contributed by atoms with E-state index in [0.29, 0.717) is 24.1 Å². The average molecular weight is 287 g/mol. The summed E-state index contributed by atoms with van der Waals surface area (Å²) in [6.45, 7) is 3.41. The van der Waals surface area contributed by atoms with Crippen LogP contribution in [-0.4, -0.2) is 18.6 Å². The Hall–Kier alpha value is -2.17. The van der Waals surface area contributed by atoms with E-state index in [9.17, 15) is 0 Å². The van der Waals surface area contributed by atoms with Crippen molar-refractivity contribution in [3.05, 3.63) is 35.8 Å². The number of ether oxygens (including phenoxy) is 1.